The lowest BCUT2D eigenvalue weighted by atomic mass is 10.1. The van der Waals surface area contributed by atoms with Crippen LogP contribution in [0.25, 0.3) is 0 Å². The molecular weight excluding hydrogens is 424 g/mol. The molecule has 0 aliphatic carbocycles. The Kier molecular flexibility index (Phi) is 8.71. The third-order valence-electron chi connectivity index (χ3n) is 4.05. The van der Waals surface area contributed by atoms with E-state index in [4.69, 9.17) is 9.47 Å². The summed E-state index contributed by atoms with van der Waals surface area (Å²) in [5.74, 6) is -1.80. The van der Waals surface area contributed by atoms with Crippen molar-refractivity contribution in [2.24, 2.45) is 0 Å². The molecule has 166 valence electrons. The molecule has 0 saturated heterocycles. The highest BCUT2D eigenvalue weighted by Crippen LogP contribution is 2.09. The van der Waals surface area contributed by atoms with E-state index in [2.05, 4.69) is 10.0 Å². The predicted octanol–water partition coefficient (Wildman–Crippen LogP) is 1.31. The van der Waals surface area contributed by atoms with Crippen LogP contribution in [0.5, 0.6) is 0 Å². The molecule has 0 bridgehead atoms. The highest BCUT2D eigenvalue weighted by molar-refractivity contribution is 7.89. The minimum Gasteiger partial charge on any atom is -0.462 e. The van der Waals surface area contributed by atoms with Gasteiger partial charge < -0.3 is 14.8 Å². The second-order valence-electron chi connectivity index (χ2n) is 6.49. The Labute approximate surface area is 180 Å². The van der Waals surface area contributed by atoms with Crippen LogP contribution in [0.1, 0.15) is 28.4 Å². The second-order valence-corrected chi connectivity index (χ2v) is 8.26. The number of esters is 2. The second kappa shape index (κ2) is 11.2. The van der Waals surface area contributed by atoms with Crippen molar-refractivity contribution in [3.05, 3.63) is 65.2 Å². The number of carbonyl (C=O) groups is 3. The van der Waals surface area contributed by atoms with Crippen LogP contribution >= 0.6 is 0 Å². The number of ether oxygens (including phenoxy) is 2. The first-order valence-corrected chi connectivity index (χ1v) is 10.9. The van der Waals surface area contributed by atoms with Crippen LogP contribution in [-0.2, 0) is 35.7 Å². The largest absolute Gasteiger partial charge is 0.462 e. The van der Waals surface area contributed by atoms with E-state index < -0.39 is 41.0 Å². The summed E-state index contributed by atoms with van der Waals surface area (Å²) in [4.78, 5) is 35.2. The van der Waals surface area contributed by atoms with Crippen molar-refractivity contribution in [2.75, 3.05) is 19.7 Å². The molecule has 0 aromatic heterocycles. The zero-order valence-corrected chi connectivity index (χ0v) is 18.0. The maximum atomic E-state index is 12.1. The maximum absolute atomic E-state index is 12.1. The van der Waals surface area contributed by atoms with E-state index >= 15 is 0 Å². The van der Waals surface area contributed by atoms with Crippen molar-refractivity contribution >= 4 is 27.9 Å². The molecule has 2 aromatic carbocycles. The fraction of sp³-hybridized carbons (Fsp3) is 0.286. The van der Waals surface area contributed by atoms with Crippen molar-refractivity contribution in [2.45, 2.75) is 25.3 Å². The topological polar surface area (TPSA) is 128 Å². The number of hydrogen-bond donors (Lipinski definition) is 2. The van der Waals surface area contributed by atoms with Crippen LogP contribution < -0.4 is 10.0 Å². The Bertz CT molecular complexity index is 1020. The SMILES string of the molecule is CCOC(=O)c1ccc(COC(=O)CNC(=O)CNS(=O)(=O)c2ccc(C)cc2)cc1. The van der Waals surface area contributed by atoms with Gasteiger partial charge in [-0.05, 0) is 43.7 Å². The van der Waals surface area contributed by atoms with Crippen molar-refractivity contribution in [3.8, 4) is 0 Å². The molecule has 0 unspecified atom stereocenters. The first-order valence-electron chi connectivity index (χ1n) is 9.46. The average Bonchev–Trinajstić information content (AvgIpc) is 2.75. The van der Waals surface area contributed by atoms with Gasteiger partial charge >= 0.3 is 11.9 Å². The normalized spacial score (nSPS) is 10.9. The van der Waals surface area contributed by atoms with E-state index in [0.29, 0.717) is 11.1 Å². The molecule has 0 saturated carbocycles. The number of rotatable bonds is 10. The molecule has 0 atom stereocenters. The predicted molar refractivity (Wildman–Crippen MR) is 112 cm³/mol. The van der Waals surface area contributed by atoms with Crippen molar-refractivity contribution in [1.82, 2.24) is 10.0 Å². The fourth-order valence-electron chi connectivity index (χ4n) is 2.36. The summed E-state index contributed by atoms with van der Waals surface area (Å²) in [5, 5.41) is 2.29. The molecular formula is C21H24N2O7S. The number of benzene rings is 2. The van der Waals surface area contributed by atoms with E-state index in [1.807, 2.05) is 6.92 Å². The summed E-state index contributed by atoms with van der Waals surface area (Å²) in [6, 6.07) is 12.5. The average molecular weight is 448 g/mol. The molecule has 2 aromatic rings. The Morgan fingerprint density at radius 2 is 1.55 bits per heavy atom. The van der Waals surface area contributed by atoms with Gasteiger partial charge in [0.05, 0.1) is 23.6 Å². The van der Waals surface area contributed by atoms with Gasteiger partial charge in [0.15, 0.2) is 0 Å². The molecule has 31 heavy (non-hydrogen) atoms. The molecule has 0 spiro atoms. The summed E-state index contributed by atoms with van der Waals surface area (Å²) in [7, 11) is -3.83. The molecule has 0 heterocycles. The van der Waals surface area contributed by atoms with Crippen molar-refractivity contribution in [3.63, 3.8) is 0 Å². The van der Waals surface area contributed by atoms with Gasteiger partial charge in [-0.2, -0.15) is 0 Å². The number of hydrogen-bond acceptors (Lipinski definition) is 7. The quantitative estimate of drug-likeness (QED) is 0.525. The maximum Gasteiger partial charge on any atom is 0.338 e. The van der Waals surface area contributed by atoms with Crippen LogP contribution in [-0.4, -0.2) is 46.0 Å². The molecule has 0 fully saturated rings. The Hall–Kier alpha value is -3.24. The van der Waals surface area contributed by atoms with E-state index in [9.17, 15) is 22.8 Å². The number of carbonyl (C=O) groups excluding carboxylic acids is 3. The Morgan fingerprint density at radius 1 is 0.903 bits per heavy atom. The van der Waals surface area contributed by atoms with Crippen LogP contribution in [0.4, 0.5) is 0 Å². The van der Waals surface area contributed by atoms with Gasteiger partial charge in [0.2, 0.25) is 15.9 Å². The molecule has 2 N–H and O–H groups in total. The van der Waals surface area contributed by atoms with Crippen LogP contribution in [0.2, 0.25) is 0 Å². The monoisotopic (exact) mass is 448 g/mol. The van der Waals surface area contributed by atoms with Gasteiger partial charge in [-0.3, -0.25) is 9.59 Å². The van der Waals surface area contributed by atoms with Gasteiger partial charge in [-0.1, -0.05) is 29.8 Å². The Balaban J connectivity index is 1.72. The molecule has 1 amide bonds. The summed E-state index contributed by atoms with van der Waals surface area (Å²) >= 11 is 0. The first kappa shape index (κ1) is 24.0. The smallest absolute Gasteiger partial charge is 0.338 e. The summed E-state index contributed by atoms with van der Waals surface area (Å²) in [6.07, 6.45) is 0. The number of aryl methyl sites for hydroxylation is 1. The standard InChI is InChI=1S/C21H24N2O7S/c1-3-29-21(26)17-8-6-16(7-9-17)14-30-20(25)13-22-19(24)12-23-31(27,28)18-10-4-15(2)5-11-18/h4-11,23H,3,12-14H2,1-2H3,(H,22,24). The zero-order chi connectivity index (χ0) is 22.9. The van der Waals surface area contributed by atoms with E-state index in [1.54, 1.807) is 43.3 Å². The highest BCUT2D eigenvalue weighted by atomic mass is 32.2. The van der Waals surface area contributed by atoms with E-state index in [0.717, 1.165) is 5.56 Å². The first-order chi connectivity index (χ1) is 14.7. The molecule has 9 nitrogen and oxygen atoms in total. The van der Waals surface area contributed by atoms with Gasteiger partial charge in [-0.15, -0.1) is 0 Å². The van der Waals surface area contributed by atoms with E-state index in [-0.39, 0.29) is 18.1 Å². The highest BCUT2D eigenvalue weighted by Gasteiger charge is 2.16. The fourth-order valence-corrected chi connectivity index (χ4v) is 3.34. The minimum absolute atomic E-state index is 0.0410. The van der Waals surface area contributed by atoms with Crippen LogP contribution in [0.3, 0.4) is 0 Å². The number of sulfonamides is 1. The molecule has 2 rings (SSSR count). The van der Waals surface area contributed by atoms with Crippen LogP contribution in [0, 0.1) is 6.92 Å². The van der Waals surface area contributed by atoms with Gasteiger partial charge in [0.25, 0.3) is 0 Å². The number of amides is 1. The molecule has 10 heteroatoms. The van der Waals surface area contributed by atoms with E-state index in [1.165, 1.54) is 12.1 Å². The summed E-state index contributed by atoms with van der Waals surface area (Å²) in [6.45, 7) is 2.85. The van der Waals surface area contributed by atoms with Gasteiger partial charge in [-0.25, -0.2) is 17.9 Å². The summed E-state index contributed by atoms with van der Waals surface area (Å²) < 4.78 is 36.4. The van der Waals surface area contributed by atoms with Crippen molar-refractivity contribution < 1.29 is 32.3 Å². The van der Waals surface area contributed by atoms with Gasteiger partial charge in [0, 0.05) is 0 Å². The van der Waals surface area contributed by atoms with Crippen LogP contribution in [0.15, 0.2) is 53.4 Å². The number of nitrogens with one attached hydrogen (secondary N) is 2. The lowest BCUT2D eigenvalue weighted by Crippen LogP contribution is -2.39. The zero-order valence-electron chi connectivity index (χ0n) is 17.2. The summed E-state index contributed by atoms with van der Waals surface area (Å²) in [5.41, 5.74) is 1.95. The molecule has 0 aliphatic heterocycles. The van der Waals surface area contributed by atoms with Gasteiger partial charge in [0.1, 0.15) is 13.2 Å². The minimum atomic E-state index is -3.83. The third kappa shape index (κ3) is 7.83. The lowest BCUT2D eigenvalue weighted by molar-refractivity contribution is -0.145. The molecule has 0 radical (unpaired) electrons. The van der Waals surface area contributed by atoms with Crippen molar-refractivity contribution in [1.29, 1.82) is 0 Å². The molecule has 0 aliphatic rings. The Morgan fingerprint density at radius 3 is 2.16 bits per heavy atom. The lowest BCUT2D eigenvalue weighted by Gasteiger charge is -2.09. The third-order valence-corrected chi connectivity index (χ3v) is 5.47.